The summed E-state index contributed by atoms with van der Waals surface area (Å²) in [5, 5.41) is 5.24. The van der Waals surface area contributed by atoms with Crippen LogP contribution in [0.5, 0.6) is 0 Å². The molecule has 0 saturated carbocycles. The molecule has 2 amide bonds. The number of hydrogen-bond donors (Lipinski definition) is 4. The van der Waals surface area contributed by atoms with E-state index < -0.39 is 37.7 Å². The predicted molar refractivity (Wildman–Crippen MR) is 101 cm³/mol. The molecule has 0 aromatic heterocycles. The van der Waals surface area contributed by atoms with Gasteiger partial charge in [-0.3, -0.25) is 9.59 Å². The minimum atomic E-state index is -2.63. The Labute approximate surface area is 155 Å². The minimum absolute atomic E-state index is 0.0661. The molecule has 1 rings (SSSR count). The number of benzene rings is 1. The van der Waals surface area contributed by atoms with Gasteiger partial charge in [0.15, 0.2) is 0 Å². The number of carbonyl (C=O) groups excluding carboxylic acids is 2. The SMILES string of the molecule is CC(C)[C@H](N)C(=O)N[C@H](C(=O)NC(Cc1ccccc1)[P+](=O)O)C(C)C. The molecule has 26 heavy (non-hydrogen) atoms. The summed E-state index contributed by atoms with van der Waals surface area (Å²) in [4.78, 5) is 34.4. The highest BCUT2D eigenvalue weighted by Crippen LogP contribution is 2.24. The van der Waals surface area contributed by atoms with E-state index in [1.54, 1.807) is 13.8 Å². The second-order valence-electron chi connectivity index (χ2n) is 7.02. The maximum atomic E-state index is 12.6. The summed E-state index contributed by atoms with van der Waals surface area (Å²) in [5.41, 5.74) is 6.67. The maximum absolute atomic E-state index is 12.6. The number of hydrogen-bond acceptors (Lipinski definition) is 4. The lowest BCUT2D eigenvalue weighted by Crippen LogP contribution is -2.56. The standard InChI is InChI=1S/C18H28N3O4P/c1-11(2)15(19)17(22)21-16(12(3)4)18(23)20-14(26(24)25)10-13-8-6-5-7-9-13/h5-9,11-12,14-16H,10,19H2,1-4H3,(H2-,20,21,22,23,24,25)/p+1/t14?,15-,16-/m0/s1. The highest BCUT2D eigenvalue weighted by Gasteiger charge is 2.35. The largest absolute Gasteiger partial charge is 0.531 e. The summed E-state index contributed by atoms with van der Waals surface area (Å²) in [6, 6.07) is 7.58. The van der Waals surface area contributed by atoms with Crippen LogP contribution in [0.2, 0.25) is 0 Å². The van der Waals surface area contributed by atoms with Gasteiger partial charge in [0.2, 0.25) is 11.8 Å². The predicted octanol–water partition coefficient (Wildman–Crippen LogP) is 1.53. The highest BCUT2D eigenvalue weighted by molar-refractivity contribution is 7.38. The average molecular weight is 382 g/mol. The van der Waals surface area contributed by atoms with Crippen molar-refractivity contribution < 1.29 is 19.0 Å². The van der Waals surface area contributed by atoms with E-state index in [9.17, 15) is 19.0 Å². The molecule has 0 aliphatic carbocycles. The van der Waals surface area contributed by atoms with Crippen LogP contribution >= 0.6 is 8.03 Å². The van der Waals surface area contributed by atoms with Gasteiger partial charge in [0, 0.05) is 6.42 Å². The number of nitrogens with one attached hydrogen (secondary N) is 2. The van der Waals surface area contributed by atoms with Gasteiger partial charge in [-0.1, -0.05) is 58.0 Å². The molecule has 0 bridgehead atoms. The summed E-state index contributed by atoms with van der Waals surface area (Å²) in [6.07, 6.45) is 0.225. The van der Waals surface area contributed by atoms with Crippen molar-refractivity contribution in [3.8, 4) is 0 Å². The summed E-state index contributed by atoms with van der Waals surface area (Å²) in [7, 11) is -2.63. The van der Waals surface area contributed by atoms with Crippen LogP contribution in [0, 0.1) is 11.8 Å². The van der Waals surface area contributed by atoms with Gasteiger partial charge in [0.1, 0.15) is 6.04 Å². The van der Waals surface area contributed by atoms with Crippen LogP contribution < -0.4 is 16.4 Å². The van der Waals surface area contributed by atoms with E-state index in [2.05, 4.69) is 10.6 Å². The fourth-order valence-corrected chi connectivity index (χ4v) is 2.97. The highest BCUT2D eigenvalue weighted by atomic mass is 31.1. The van der Waals surface area contributed by atoms with E-state index in [0.29, 0.717) is 0 Å². The minimum Gasteiger partial charge on any atom is -0.343 e. The Morgan fingerprint density at radius 1 is 1.04 bits per heavy atom. The zero-order valence-electron chi connectivity index (χ0n) is 15.7. The van der Waals surface area contributed by atoms with Crippen LogP contribution in [-0.2, 0) is 20.6 Å². The molecule has 0 heterocycles. The van der Waals surface area contributed by atoms with Crippen molar-refractivity contribution in [3.63, 3.8) is 0 Å². The molecule has 7 nitrogen and oxygen atoms in total. The lowest BCUT2D eigenvalue weighted by atomic mass is 10.0. The van der Waals surface area contributed by atoms with Crippen molar-refractivity contribution in [2.24, 2.45) is 17.6 Å². The van der Waals surface area contributed by atoms with Crippen LogP contribution in [0.4, 0.5) is 0 Å². The van der Waals surface area contributed by atoms with Gasteiger partial charge in [-0.15, -0.1) is 0 Å². The Balaban J connectivity index is 2.83. The number of carbonyl (C=O) groups is 2. The molecule has 0 aliphatic rings. The number of rotatable bonds is 9. The summed E-state index contributed by atoms with van der Waals surface area (Å²) in [5.74, 6) is -2.11. The smallest absolute Gasteiger partial charge is 0.343 e. The number of nitrogens with two attached hydrogens (primary N) is 1. The third kappa shape index (κ3) is 6.83. The van der Waals surface area contributed by atoms with E-state index in [4.69, 9.17) is 5.73 Å². The van der Waals surface area contributed by atoms with Gasteiger partial charge in [-0.25, -0.2) is 0 Å². The Bertz CT molecular complexity index is 622. The van der Waals surface area contributed by atoms with Crippen LogP contribution in [0.3, 0.4) is 0 Å². The van der Waals surface area contributed by atoms with Crippen molar-refractivity contribution in [1.82, 2.24) is 10.6 Å². The van der Waals surface area contributed by atoms with E-state index in [1.807, 2.05) is 44.2 Å². The third-order valence-electron chi connectivity index (χ3n) is 4.12. The maximum Gasteiger partial charge on any atom is 0.531 e. The Hall–Kier alpha value is -1.82. The zero-order chi connectivity index (χ0) is 19.9. The quantitative estimate of drug-likeness (QED) is 0.483. The molecule has 144 valence electrons. The first-order valence-electron chi connectivity index (χ1n) is 8.69. The number of amides is 2. The first-order valence-corrected chi connectivity index (χ1v) is 9.97. The molecule has 2 unspecified atom stereocenters. The zero-order valence-corrected chi connectivity index (χ0v) is 16.6. The Morgan fingerprint density at radius 3 is 2.08 bits per heavy atom. The second kappa shape index (κ2) is 10.4. The summed E-state index contributed by atoms with van der Waals surface area (Å²) >= 11 is 0. The van der Waals surface area contributed by atoms with Gasteiger partial charge in [-0.05, 0) is 22.0 Å². The van der Waals surface area contributed by atoms with Gasteiger partial charge in [0.05, 0.1) is 6.04 Å². The lowest BCUT2D eigenvalue weighted by Gasteiger charge is -2.25. The molecule has 0 fully saturated rings. The fraction of sp³-hybridized carbons (Fsp3) is 0.556. The van der Waals surface area contributed by atoms with Gasteiger partial charge < -0.3 is 16.4 Å². The van der Waals surface area contributed by atoms with E-state index in [-0.39, 0.29) is 18.3 Å². The van der Waals surface area contributed by atoms with E-state index in [0.717, 1.165) is 5.56 Å². The molecule has 0 aliphatic heterocycles. The van der Waals surface area contributed by atoms with Crippen LogP contribution in [-0.4, -0.2) is 34.6 Å². The summed E-state index contributed by atoms with van der Waals surface area (Å²) < 4.78 is 11.7. The van der Waals surface area contributed by atoms with Gasteiger partial charge in [0.25, 0.3) is 5.78 Å². The Kier molecular flexibility index (Phi) is 8.85. The van der Waals surface area contributed by atoms with Crippen molar-refractivity contribution in [3.05, 3.63) is 35.9 Å². The van der Waals surface area contributed by atoms with Gasteiger partial charge in [-0.2, -0.15) is 4.89 Å². The third-order valence-corrected chi connectivity index (χ3v) is 4.96. The van der Waals surface area contributed by atoms with Crippen molar-refractivity contribution in [1.29, 1.82) is 0 Å². The fourth-order valence-electron chi connectivity index (χ4n) is 2.36. The van der Waals surface area contributed by atoms with E-state index >= 15 is 0 Å². The molecule has 1 aromatic rings. The molecular formula is C18H29N3O4P+. The molecule has 4 atom stereocenters. The second-order valence-corrected chi connectivity index (χ2v) is 8.25. The van der Waals surface area contributed by atoms with Crippen molar-refractivity contribution >= 4 is 19.8 Å². The van der Waals surface area contributed by atoms with Crippen molar-refractivity contribution in [2.45, 2.75) is 52.0 Å². The molecule has 0 spiro atoms. The van der Waals surface area contributed by atoms with Crippen LogP contribution in [0.15, 0.2) is 30.3 Å². The van der Waals surface area contributed by atoms with Crippen molar-refractivity contribution in [2.75, 3.05) is 0 Å². The average Bonchev–Trinajstić information content (AvgIpc) is 2.58. The molecule has 0 radical (unpaired) electrons. The first-order chi connectivity index (χ1) is 12.1. The normalized spacial score (nSPS) is 15.3. The molecule has 1 aromatic carbocycles. The van der Waals surface area contributed by atoms with Crippen LogP contribution in [0.1, 0.15) is 33.3 Å². The Morgan fingerprint density at radius 2 is 1.62 bits per heavy atom. The van der Waals surface area contributed by atoms with E-state index in [1.165, 1.54) is 0 Å². The van der Waals surface area contributed by atoms with Gasteiger partial charge >= 0.3 is 8.03 Å². The summed E-state index contributed by atoms with van der Waals surface area (Å²) in [6.45, 7) is 7.22. The molecule has 8 heteroatoms. The first kappa shape index (κ1) is 22.2. The van der Waals surface area contributed by atoms with Crippen LogP contribution in [0.25, 0.3) is 0 Å². The topological polar surface area (TPSA) is 122 Å². The lowest BCUT2D eigenvalue weighted by molar-refractivity contribution is -0.131. The monoisotopic (exact) mass is 382 g/mol. The molecule has 0 saturated heterocycles. The molecule has 5 N–H and O–H groups in total. The molecular weight excluding hydrogens is 353 g/mol.